The van der Waals surface area contributed by atoms with Gasteiger partial charge in [0.25, 0.3) is 0 Å². The Morgan fingerprint density at radius 2 is 2.10 bits per heavy atom. The first kappa shape index (κ1) is 24.9. The summed E-state index contributed by atoms with van der Waals surface area (Å²) in [5.74, 6) is 1.76. The van der Waals surface area contributed by atoms with Crippen molar-refractivity contribution in [1.29, 1.82) is 0 Å². The third-order valence-electron chi connectivity index (χ3n) is 5.27. The molecule has 1 aliphatic rings. The van der Waals surface area contributed by atoms with Gasteiger partial charge < -0.3 is 15.4 Å². The predicted molar refractivity (Wildman–Crippen MR) is 136 cm³/mol. The molecule has 0 radical (unpaired) electrons. The number of likely N-dealkylation sites (tertiary alicyclic amines) is 1. The van der Waals surface area contributed by atoms with E-state index in [-0.39, 0.29) is 24.0 Å². The van der Waals surface area contributed by atoms with Gasteiger partial charge in [-0.1, -0.05) is 12.1 Å². The van der Waals surface area contributed by atoms with Crippen molar-refractivity contribution in [1.82, 2.24) is 20.5 Å². The highest BCUT2D eigenvalue weighted by molar-refractivity contribution is 14.0. The normalized spacial score (nSPS) is 15.5. The van der Waals surface area contributed by atoms with E-state index < -0.39 is 0 Å². The number of benzene rings is 1. The fourth-order valence-corrected chi connectivity index (χ4v) is 4.56. The lowest BCUT2D eigenvalue weighted by molar-refractivity contribution is 0.245. The Kier molecular flexibility index (Phi) is 10.9. The first-order valence-corrected chi connectivity index (χ1v) is 11.3. The number of hydrogen-bond donors (Lipinski definition) is 2. The minimum absolute atomic E-state index is 0. The Morgan fingerprint density at radius 3 is 2.77 bits per heavy atom. The summed E-state index contributed by atoms with van der Waals surface area (Å²) in [5, 5.41) is 10.3. The van der Waals surface area contributed by atoms with Crippen molar-refractivity contribution in [2.45, 2.75) is 38.6 Å². The molecule has 30 heavy (non-hydrogen) atoms. The molecule has 1 unspecified atom stereocenters. The molecule has 1 fully saturated rings. The number of guanidine groups is 1. The average Bonchev–Trinajstić information content (AvgIpc) is 3.42. The zero-order valence-corrected chi connectivity index (χ0v) is 21.3. The van der Waals surface area contributed by atoms with E-state index in [9.17, 15) is 0 Å². The van der Waals surface area contributed by atoms with Crippen molar-refractivity contribution < 1.29 is 4.74 Å². The molecule has 8 heteroatoms. The molecule has 0 amide bonds. The summed E-state index contributed by atoms with van der Waals surface area (Å²) in [6.45, 7) is 6.03. The molecule has 1 saturated heterocycles. The maximum absolute atomic E-state index is 5.44. The van der Waals surface area contributed by atoms with Gasteiger partial charge in [-0.15, -0.1) is 35.3 Å². The molecule has 1 atom stereocenters. The summed E-state index contributed by atoms with van der Waals surface area (Å²) in [6, 6.07) is 8.73. The van der Waals surface area contributed by atoms with E-state index in [2.05, 4.69) is 49.1 Å². The largest absolute Gasteiger partial charge is 0.497 e. The first-order valence-electron chi connectivity index (χ1n) is 10.4. The van der Waals surface area contributed by atoms with Crippen LogP contribution in [-0.2, 0) is 6.42 Å². The third-order valence-corrected chi connectivity index (χ3v) is 6.30. The number of thiazole rings is 1. The van der Waals surface area contributed by atoms with Crippen LogP contribution >= 0.6 is 35.3 Å². The van der Waals surface area contributed by atoms with Crippen LogP contribution in [0.2, 0.25) is 0 Å². The van der Waals surface area contributed by atoms with Crippen molar-refractivity contribution in [2.75, 3.05) is 40.3 Å². The Morgan fingerprint density at radius 1 is 1.30 bits per heavy atom. The molecule has 1 aromatic carbocycles. The van der Waals surface area contributed by atoms with Gasteiger partial charge in [0.05, 0.1) is 18.2 Å². The Hall–Kier alpha value is -1.39. The van der Waals surface area contributed by atoms with Gasteiger partial charge in [0, 0.05) is 37.6 Å². The molecule has 1 aromatic heterocycles. The van der Waals surface area contributed by atoms with Crippen LogP contribution in [0, 0.1) is 6.92 Å². The lowest BCUT2D eigenvalue weighted by Gasteiger charge is -2.29. The van der Waals surface area contributed by atoms with Crippen LogP contribution in [0.5, 0.6) is 5.75 Å². The van der Waals surface area contributed by atoms with Gasteiger partial charge in [0.15, 0.2) is 5.96 Å². The first-order chi connectivity index (χ1) is 14.2. The number of aryl methyl sites for hydroxylation is 2. The van der Waals surface area contributed by atoms with Gasteiger partial charge in [0.1, 0.15) is 5.75 Å². The minimum atomic E-state index is 0. The highest BCUT2D eigenvalue weighted by atomic mass is 127. The number of nitrogens with zero attached hydrogens (tertiary/aromatic N) is 3. The lowest BCUT2D eigenvalue weighted by Crippen LogP contribution is -2.43. The number of methoxy groups -OCH3 is 1. The molecule has 2 aromatic rings. The minimum Gasteiger partial charge on any atom is -0.497 e. The van der Waals surface area contributed by atoms with E-state index in [0.717, 1.165) is 56.4 Å². The number of rotatable bonds is 9. The highest BCUT2D eigenvalue weighted by Crippen LogP contribution is 2.27. The van der Waals surface area contributed by atoms with Crippen LogP contribution in [0.25, 0.3) is 0 Å². The maximum Gasteiger partial charge on any atom is 0.191 e. The average molecular weight is 544 g/mol. The van der Waals surface area contributed by atoms with E-state index in [1.807, 2.05) is 20.0 Å². The summed E-state index contributed by atoms with van der Waals surface area (Å²) in [4.78, 5) is 11.5. The molecule has 0 aliphatic carbocycles. The molecule has 6 nitrogen and oxygen atoms in total. The van der Waals surface area contributed by atoms with Crippen LogP contribution < -0.4 is 15.4 Å². The zero-order chi connectivity index (χ0) is 20.5. The van der Waals surface area contributed by atoms with E-state index in [1.54, 1.807) is 18.4 Å². The number of hydrogen-bond acceptors (Lipinski definition) is 5. The molecule has 2 heterocycles. The fourth-order valence-electron chi connectivity index (χ4n) is 3.74. The Balaban J connectivity index is 0.00000320. The van der Waals surface area contributed by atoms with Crippen LogP contribution in [0.3, 0.4) is 0 Å². The second-order valence-electron chi connectivity index (χ2n) is 7.40. The van der Waals surface area contributed by atoms with Gasteiger partial charge in [-0.2, -0.15) is 0 Å². The van der Waals surface area contributed by atoms with Gasteiger partial charge in [-0.25, -0.2) is 4.98 Å². The summed E-state index contributed by atoms with van der Waals surface area (Å²) < 4.78 is 5.44. The molecule has 2 N–H and O–H groups in total. The van der Waals surface area contributed by atoms with Crippen LogP contribution in [0.15, 0.2) is 34.6 Å². The van der Waals surface area contributed by atoms with Crippen molar-refractivity contribution >= 4 is 41.3 Å². The van der Waals surface area contributed by atoms with Gasteiger partial charge in [-0.3, -0.25) is 9.89 Å². The van der Waals surface area contributed by atoms with Gasteiger partial charge >= 0.3 is 0 Å². The Bertz CT molecular complexity index is 791. The van der Waals surface area contributed by atoms with Crippen molar-refractivity contribution in [3.63, 3.8) is 0 Å². The molecule has 166 valence electrons. The molecule has 0 saturated carbocycles. The number of nitrogens with one attached hydrogen (secondary N) is 2. The summed E-state index contributed by atoms with van der Waals surface area (Å²) in [5.41, 5.74) is 2.40. The van der Waals surface area contributed by atoms with E-state index in [0.29, 0.717) is 6.04 Å². The molecule has 3 rings (SSSR count). The Labute approximate surface area is 201 Å². The van der Waals surface area contributed by atoms with Crippen molar-refractivity contribution in [3.05, 3.63) is 45.9 Å². The van der Waals surface area contributed by atoms with Crippen LogP contribution in [0.4, 0.5) is 0 Å². The number of aliphatic imine (C=N–C) groups is 1. The van der Waals surface area contributed by atoms with Crippen LogP contribution in [0.1, 0.15) is 41.6 Å². The second-order valence-corrected chi connectivity index (χ2v) is 8.34. The monoisotopic (exact) mass is 543 g/mol. The SMILES string of the molecule is CN=C(NCCCc1nc(C)cs1)NCC(c1cccc(OC)c1)N1CCCC1.I. The number of ether oxygens (including phenoxy) is 1. The smallest absolute Gasteiger partial charge is 0.191 e. The van der Waals surface area contributed by atoms with E-state index in [4.69, 9.17) is 4.74 Å². The quantitative estimate of drug-likeness (QED) is 0.217. The molecule has 1 aliphatic heterocycles. The number of aromatic nitrogens is 1. The summed E-state index contributed by atoms with van der Waals surface area (Å²) >= 11 is 1.74. The van der Waals surface area contributed by atoms with Crippen molar-refractivity contribution in [2.24, 2.45) is 4.99 Å². The summed E-state index contributed by atoms with van der Waals surface area (Å²) in [7, 11) is 3.55. The van der Waals surface area contributed by atoms with Gasteiger partial charge in [0.2, 0.25) is 0 Å². The second kappa shape index (κ2) is 13.1. The van der Waals surface area contributed by atoms with Crippen molar-refractivity contribution in [3.8, 4) is 5.75 Å². The van der Waals surface area contributed by atoms with E-state index >= 15 is 0 Å². The predicted octanol–water partition coefficient (Wildman–Crippen LogP) is 4.01. The topological polar surface area (TPSA) is 61.8 Å². The molecular weight excluding hydrogens is 509 g/mol. The fraction of sp³-hybridized carbons (Fsp3) is 0.545. The lowest BCUT2D eigenvalue weighted by atomic mass is 10.1. The standard InChI is InChI=1S/C22H33N5OS.HI/c1-17-16-29-21(26-17)10-7-11-24-22(23-2)25-15-20(27-12-4-5-13-27)18-8-6-9-19(14-18)28-3;/h6,8-9,14,16,20H,4-5,7,10-13,15H2,1-3H3,(H2,23,24,25);1H. The van der Waals surface area contributed by atoms with E-state index in [1.165, 1.54) is 23.4 Å². The maximum atomic E-state index is 5.44. The molecule has 0 spiro atoms. The number of halogens is 1. The van der Waals surface area contributed by atoms with Gasteiger partial charge in [-0.05, 0) is 57.0 Å². The zero-order valence-electron chi connectivity index (χ0n) is 18.2. The third kappa shape index (κ3) is 7.39. The van der Waals surface area contributed by atoms with Crippen LogP contribution in [-0.4, -0.2) is 56.2 Å². The summed E-state index contributed by atoms with van der Waals surface area (Å²) in [6.07, 6.45) is 4.58. The molecule has 0 bridgehead atoms. The molecular formula is C22H34IN5OS. The highest BCUT2D eigenvalue weighted by Gasteiger charge is 2.24.